The highest BCUT2D eigenvalue weighted by Gasteiger charge is 2.23. The van der Waals surface area contributed by atoms with Gasteiger partial charge < -0.3 is 4.90 Å². The lowest BCUT2D eigenvalue weighted by Crippen LogP contribution is -2.37. The van der Waals surface area contributed by atoms with E-state index in [0.717, 1.165) is 29.7 Å². The molecule has 0 aliphatic carbocycles. The summed E-state index contributed by atoms with van der Waals surface area (Å²) >= 11 is 1.62. The Labute approximate surface area is 125 Å². The van der Waals surface area contributed by atoms with Gasteiger partial charge in [-0.25, -0.2) is 9.67 Å². The van der Waals surface area contributed by atoms with Crippen molar-refractivity contribution < 1.29 is 4.79 Å². The third-order valence-corrected chi connectivity index (χ3v) is 4.60. The minimum atomic E-state index is 0.0738. The van der Waals surface area contributed by atoms with Gasteiger partial charge in [-0.05, 0) is 12.1 Å². The minimum absolute atomic E-state index is 0.0738. The summed E-state index contributed by atoms with van der Waals surface area (Å²) in [5.74, 6) is 0.0738. The lowest BCUT2D eigenvalue weighted by molar-refractivity contribution is -0.132. The molecule has 106 valence electrons. The Morgan fingerprint density at radius 2 is 2.24 bits per heavy atom. The second-order valence-corrected chi connectivity index (χ2v) is 5.96. The molecule has 6 nitrogen and oxygen atoms in total. The van der Waals surface area contributed by atoms with Crippen LogP contribution in [0.25, 0.3) is 11.0 Å². The number of carbonyl (C=O) groups excluding carboxylic acids is 1. The molecule has 1 aliphatic rings. The predicted molar refractivity (Wildman–Crippen MR) is 78.8 cm³/mol. The molecular weight excluding hydrogens is 286 g/mol. The zero-order chi connectivity index (χ0) is 14.2. The Bertz CT molecular complexity index is 808. The summed E-state index contributed by atoms with van der Waals surface area (Å²) in [6, 6.07) is 7.67. The fourth-order valence-electron chi connectivity index (χ4n) is 2.59. The van der Waals surface area contributed by atoms with Crippen molar-refractivity contribution in [3.63, 3.8) is 0 Å². The van der Waals surface area contributed by atoms with E-state index >= 15 is 0 Å². The second-order valence-electron chi connectivity index (χ2n) is 5.02. The lowest BCUT2D eigenvalue weighted by Gasteiger charge is -2.26. The van der Waals surface area contributed by atoms with Crippen molar-refractivity contribution in [1.82, 2.24) is 24.9 Å². The van der Waals surface area contributed by atoms with Gasteiger partial charge in [-0.1, -0.05) is 17.3 Å². The molecule has 3 heterocycles. The number of hydrogen-bond donors (Lipinski definition) is 0. The summed E-state index contributed by atoms with van der Waals surface area (Å²) in [4.78, 5) is 19.8. The van der Waals surface area contributed by atoms with Crippen LogP contribution in [-0.4, -0.2) is 37.3 Å². The van der Waals surface area contributed by atoms with E-state index < -0.39 is 0 Å². The van der Waals surface area contributed by atoms with Crippen LogP contribution in [0, 0.1) is 0 Å². The van der Waals surface area contributed by atoms with Crippen LogP contribution in [0.2, 0.25) is 0 Å². The van der Waals surface area contributed by atoms with Crippen LogP contribution in [0.1, 0.15) is 10.6 Å². The highest BCUT2D eigenvalue weighted by atomic mass is 32.1. The maximum absolute atomic E-state index is 12.5. The molecule has 0 saturated carbocycles. The maximum atomic E-state index is 12.5. The molecule has 2 aromatic heterocycles. The SMILES string of the molecule is O=C(Cn1nnc2ccccc21)N1CCc2ncsc2C1. The van der Waals surface area contributed by atoms with Crippen LogP contribution in [0.3, 0.4) is 0 Å². The third kappa shape index (κ3) is 2.19. The standard InChI is InChI=1S/C14H13N5OS/c20-14(18-6-5-11-13(7-18)21-9-15-11)8-19-12-4-2-1-3-10(12)16-17-19/h1-4,9H,5-8H2. The summed E-state index contributed by atoms with van der Waals surface area (Å²) in [5.41, 5.74) is 4.69. The third-order valence-electron chi connectivity index (χ3n) is 3.74. The number of nitrogens with zero attached hydrogens (tertiary/aromatic N) is 5. The highest BCUT2D eigenvalue weighted by Crippen LogP contribution is 2.22. The van der Waals surface area contributed by atoms with Crippen LogP contribution in [-0.2, 0) is 24.3 Å². The number of benzene rings is 1. The Hall–Kier alpha value is -2.28. The number of fused-ring (bicyclic) bond motifs is 2. The van der Waals surface area contributed by atoms with Crippen molar-refractivity contribution in [3.8, 4) is 0 Å². The zero-order valence-electron chi connectivity index (χ0n) is 11.3. The average molecular weight is 299 g/mol. The zero-order valence-corrected chi connectivity index (χ0v) is 12.1. The molecule has 0 fully saturated rings. The molecule has 21 heavy (non-hydrogen) atoms. The smallest absolute Gasteiger partial charge is 0.244 e. The molecule has 0 spiro atoms. The first kappa shape index (κ1) is 12.5. The normalized spacial score (nSPS) is 14.4. The van der Waals surface area contributed by atoms with Gasteiger partial charge in [0.2, 0.25) is 5.91 Å². The molecule has 1 aromatic carbocycles. The van der Waals surface area contributed by atoms with Crippen LogP contribution >= 0.6 is 11.3 Å². The quantitative estimate of drug-likeness (QED) is 0.719. The van der Waals surface area contributed by atoms with E-state index in [1.54, 1.807) is 16.0 Å². The van der Waals surface area contributed by atoms with Gasteiger partial charge in [0.25, 0.3) is 0 Å². The number of carbonyl (C=O) groups is 1. The van der Waals surface area contributed by atoms with Gasteiger partial charge in [0.05, 0.1) is 23.3 Å². The molecule has 0 radical (unpaired) electrons. The van der Waals surface area contributed by atoms with Crippen LogP contribution < -0.4 is 0 Å². The second kappa shape index (κ2) is 4.92. The van der Waals surface area contributed by atoms with Gasteiger partial charge in [-0.2, -0.15) is 0 Å². The molecule has 0 atom stereocenters. The molecular formula is C14H13N5OS. The number of aromatic nitrogens is 4. The van der Waals surface area contributed by atoms with Crippen molar-refractivity contribution in [3.05, 3.63) is 40.3 Å². The Kier molecular flexibility index (Phi) is 2.92. The van der Waals surface area contributed by atoms with Crippen molar-refractivity contribution in [2.24, 2.45) is 0 Å². The van der Waals surface area contributed by atoms with E-state index in [1.807, 2.05) is 34.7 Å². The largest absolute Gasteiger partial charge is 0.335 e. The van der Waals surface area contributed by atoms with E-state index in [0.29, 0.717) is 6.54 Å². The summed E-state index contributed by atoms with van der Waals surface area (Å²) < 4.78 is 1.67. The Balaban J connectivity index is 1.54. The van der Waals surface area contributed by atoms with Gasteiger partial charge >= 0.3 is 0 Å². The Morgan fingerprint density at radius 3 is 3.19 bits per heavy atom. The summed E-state index contributed by atoms with van der Waals surface area (Å²) in [6.07, 6.45) is 0.836. The first-order chi connectivity index (χ1) is 10.3. The summed E-state index contributed by atoms with van der Waals surface area (Å²) in [7, 11) is 0. The first-order valence-corrected chi connectivity index (χ1v) is 7.66. The average Bonchev–Trinajstić information content (AvgIpc) is 3.13. The van der Waals surface area contributed by atoms with Gasteiger partial charge in [0.1, 0.15) is 12.1 Å². The number of hydrogen-bond acceptors (Lipinski definition) is 5. The van der Waals surface area contributed by atoms with Gasteiger partial charge in [-0.3, -0.25) is 4.79 Å². The number of amides is 1. The summed E-state index contributed by atoms with van der Waals surface area (Å²) in [6.45, 7) is 1.61. The van der Waals surface area contributed by atoms with Crippen LogP contribution in [0.5, 0.6) is 0 Å². The van der Waals surface area contributed by atoms with Crippen LogP contribution in [0.4, 0.5) is 0 Å². The van der Waals surface area contributed by atoms with Crippen LogP contribution in [0.15, 0.2) is 29.8 Å². The topological polar surface area (TPSA) is 63.9 Å². The van der Waals surface area contributed by atoms with E-state index in [9.17, 15) is 4.79 Å². The molecule has 4 rings (SSSR count). The maximum Gasteiger partial charge on any atom is 0.244 e. The molecule has 0 unspecified atom stereocenters. The van der Waals surface area contributed by atoms with Crippen molar-refractivity contribution in [1.29, 1.82) is 0 Å². The number of rotatable bonds is 2. The highest BCUT2D eigenvalue weighted by molar-refractivity contribution is 7.09. The molecule has 7 heteroatoms. The van der Waals surface area contributed by atoms with E-state index in [4.69, 9.17) is 0 Å². The van der Waals surface area contributed by atoms with E-state index in [2.05, 4.69) is 15.3 Å². The monoisotopic (exact) mass is 299 g/mol. The number of para-hydroxylation sites is 1. The van der Waals surface area contributed by atoms with Crippen molar-refractivity contribution >= 4 is 28.3 Å². The van der Waals surface area contributed by atoms with Gasteiger partial charge in [0, 0.05) is 17.8 Å². The Morgan fingerprint density at radius 1 is 1.33 bits per heavy atom. The minimum Gasteiger partial charge on any atom is -0.335 e. The fraction of sp³-hybridized carbons (Fsp3) is 0.286. The lowest BCUT2D eigenvalue weighted by atomic mass is 10.2. The molecule has 3 aromatic rings. The van der Waals surface area contributed by atoms with E-state index in [-0.39, 0.29) is 12.5 Å². The van der Waals surface area contributed by atoms with Gasteiger partial charge in [-0.15, -0.1) is 16.4 Å². The first-order valence-electron chi connectivity index (χ1n) is 6.78. The molecule has 0 bridgehead atoms. The molecule has 0 N–H and O–H groups in total. The fourth-order valence-corrected chi connectivity index (χ4v) is 3.42. The molecule has 1 aliphatic heterocycles. The predicted octanol–water partition coefficient (Wildman–Crippen LogP) is 1.47. The number of thiazole rings is 1. The van der Waals surface area contributed by atoms with Gasteiger partial charge in [0.15, 0.2) is 0 Å². The van der Waals surface area contributed by atoms with E-state index in [1.165, 1.54) is 4.88 Å². The molecule has 0 saturated heterocycles. The molecule has 1 amide bonds. The van der Waals surface area contributed by atoms with Crippen molar-refractivity contribution in [2.75, 3.05) is 6.54 Å². The summed E-state index contributed by atoms with van der Waals surface area (Å²) in [5, 5.41) is 8.15. The van der Waals surface area contributed by atoms with Crippen molar-refractivity contribution in [2.45, 2.75) is 19.5 Å².